The van der Waals surface area contributed by atoms with Crippen LogP contribution in [-0.4, -0.2) is 27.4 Å². The number of fused-ring (bicyclic) bond motifs is 1. The van der Waals surface area contributed by atoms with Crippen LogP contribution in [0, 0.1) is 0 Å². The topological polar surface area (TPSA) is 66.5 Å². The number of rotatable bonds is 7. The summed E-state index contributed by atoms with van der Waals surface area (Å²) in [4.78, 5) is 12.9. The van der Waals surface area contributed by atoms with E-state index in [0.717, 1.165) is 19.3 Å². The van der Waals surface area contributed by atoms with Gasteiger partial charge in [0.25, 0.3) is 15.9 Å². The van der Waals surface area contributed by atoms with Crippen LogP contribution in [0.15, 0.2) is 53.4 Å². The summed E-state index contributed by atoms with van der Waals surface area (Å²) in [5.41, 5.74) is 2.22. The van der Waals surface area contributed by atoms with Gasteiger partial charge in [-0.2, -0.15) is 0 Å². The summed E-state index contributed by atoms with van der Waals surface area (Å²) in [5, 5.41) is 3.28. The molecule has 2 aromatic rings. The Bertz CT molecular complexity index is 1030. The van der Waals surface area contributed by atoms with E-state index in [1.54, 1.807) is 25.1 Å². The maximum Gasteiger partial charge on any atom is 0.270 e. The first kappa shape index (κ1) is 21.4. The number of benzene rings is 2. The van der Waals surface area contributed by atoms with E-state index in [2.05, 4.69) is 12.2 Å². The van der Waals surface area contributed by atoms with Gasteiger partial charge in [0.2, 0.25) is 0 Å². The van der Waals surface area contributed by atoms with Gasteiger partial charge in [0.05, 0.1) is 5.69 Å². The summed E-state index contributed by atoms with van der Waals surface area (Å²) < 4.78 is 28.2. The maximum atomic E-state index is 13.5. The average molecular weight is 433 g/mol. The van der Waals surface area contributed by atoms with Crippen molar-refractivity contribution in [3.8, 4) is 0 Å². The molecule has 29 heavy (non-hydrogen) atoms. The van der Waals surface area contributed by atoms with Gasteiger partial charge in [-0.25, -0.2) is 8.42 Å². The molecule has 0 atom stereocenters. The normalized spacial score (nSPS) is 15.2. The molecular weight excluding hydrogens is 408 g/mol. The second kappa shape index (κ2) is 9.01. The monoisotopic (exact) mass is 432 g/mol. The Morgan fingerprint density at radius 1 is 1.07 bits per heavy atom. The first-order valence-corrected chi connectivity index (χ1v) is 11.6. The van der Waals surface area contributed by atoms with Crippen LogP contribution in [0.1, 0.15) is 44.2 Å². The molecule has 154 valence electrons. The van der Waals surface area contributed by atoms with Crippen LogP contribution in [-0.2, 0) is 14.8 Å². The molecule has 7 heteroatoms. The van der Waals surface area contributed by atoms with Gasteiger partial charge in [-0.3, -0.25) is 9.10 Å². The Labute approximate surface area is 177 Å². The summed E-state index contributed by atoms with van der Waals surface area (Å²) in [5.74, 6) is -0.580. The lowest BCUT2D eigenvalue weighted by Crippen LogP contribution is -2.41. The molecule has 1 aliphatic rings. The summed E-state index contributed by atoms with van der Waals surface area (Å²) in [7, 11) is -4.02. The number of anilines is 1. The van der Waals surface area contributed by atoms with Crippen molar-refractivity contribution in [3.05, 3.63) is 69.6 Å². The third kappa shape index (κ3) is 4.19. The van der Waals surface area contributed by atoms with Gasteiger partial charge in [-0.05, 0) is 37.1 Å². The molecule has 0 bridgehead atoms. The van der Waals surface area contributed by atoms with Crippen molar-refractivity contribution in [2.45, 2.75) is 33.1 Å². The maximum absolute atomic E-state index is 13.5. The number of nitrogens with zero attached hydrogens (tertiary/aromatic N) is 1. The zero-order chi connectivity index (χ0) is 21.0. The number of hydrogen-bond donors (Lipinski definition) is 1. The molecule has 3 rings (SSSR count). The molecular formula is C22H25ClN2O3S. The highest BCUT2D eigenvalue weighted by atomic mass is 35.5. The van der Waals surface area contributed by atoms with Gasteiger partial charge >= 0.3 is 0 Å². The largest absolute Gasteiger partial charge is 0.351 e. The Hall–Kier alpha value is -2.31. The first-order valence-electron chi connectivity index (χ1n) is 9.82. The van der Waals surface area contributed by atoms with Crippen molar-refractivity contribution >= 4 is 38.8 Å². The quantitative estimate of drug-likeness (QED) is 0.651. The highest BCUT2D eigenvalue weighted by molar-refractivity contribution is 7.97. The number of nitrogens with one attached hydrogen (secondary N) is 1. The SMILES string of the molecule is CCCCCNC(=O)C1=C(c2ccccc2)c2cc(Cl)ccc2N(CC)S1(=O)=O. The third-order valence-corrected chi connectivity index (χ3v) is 7.07. The molecule has 1 amide bonds. The van der Waals surface area contributed by atoms with Crippen LogP contribution in [0.3, 0.4) is 0 Å². The van der Waals surface area contributed by atoms with E-state index in [1.165, 1.54) is 4.31 Å². The Morgan fingerprint density at radius 3 is 2.45 bits per heavy atom. The van der Waals surface area contributed by atoms with Crippen molar-refractivity contribution in [3.63, 3.8) is 0 Å². The average Bonchev–Trinajstić information content (AvgIpc) is 2.70. The van der Waals surface area contributed by atoms with E-state index in [0.29, 0.717) is 34.0 Å². The smallest absolute Gasteiger partial charge is 0.270 e. The van der Waals surface area contributed by atoms with E-state index in [1.807, 2.05) is 30.3 Å². The van der Waals surface area contributed by atoms with Crippen molar-refractivity contribution in [1.29, 1.82) is 0 Å². The van der Waals surface area contributed by atoms with Crippen molar-refractivity contribution in [1.82, 2.24) is 5.32 Å². The van der Waals surface area contributed by atoms with Crippen LogP contribution in [0.5, 0.6) is 0 Å². The number of halogens is 1. The molecule has 0 saturated carbocycles. The lowest BCUT2D eigenvalue weighted by molar-refractivity contribution is -0.116. The van der Waals surface area contributed by atoms with Gasteiger partial charge in [0.1, 0.15) is 0 Å². The lowest BCUT2D eigenvalue weighted by atomic mass is 9.95. The fourth-order valence-corrected chi connectivity index (χ4v) is 5.48. The number of carbonyl (C=O) groups excluding carboxylic acids is 1. The molecule has 1 heterocycles. The van der Waals surface area contributed by atoms with Crippen LogP contribution in [0.2, 0.25) is 5.02 Å². The standard InChI is InChI=1S/C22H25ClN2O3S/c1-3-5-9-14-24-22(26)21-20(16-10-7-6-8-11-16)18-15-17(23)12-13-19(18)25(4-2)29(21,27)28/h6-8,10-13,15H,3-5,9,14H2,1-2H3,(H,24,26). The van der Waals surface area contributed by atoms with E-state index in [4.69, 9.17) is 11.6 Å². The number of hydrogen-bond acceptors (Lipinski definition) is 3. The Balaban J connectivity index is 2.24. The van der Waals surface area contributed by atoms with Crippen LogP contribution in [0.25, 0.3) is 5.57 Å². The highest BCUT2D eigenvalue weighted by Crippen LogP contribution is 2.43. The molecule has 0 aromatic heterocycles. The Kier molecular flexibility index (Phi) is 6.65. The van der Waals surface area contributed by atoms with Crippen molar-refractivity contribution < 1.29 is 13.2 Å². The highest BCUT2D eigenvalue weighted by Gasteiger charge is 2.40. The van der Waals surface area contributed by atoms with Gasteiger partial charge < -0.3 is 5.32 Å². The van der Waals surface area contributed by atoms with Gasteiger partial charge in [0, 0.05) is 29.2 Å². The zero-order valence-electron chi connectivity index (χ0n) is 16.6. The molecule has 0 spiro atoms. The molecule has 0 fully saturated rings. The molecule has 1 aliphatic heterocycles. The van der Waals surface area contributed by atoms with Crippen LogP contribution >= 0.6 is 11.6 Å². The van der Waals surface area contributed by atoms with Crippen molar-refractivity contribution in [2.75, 3.05) is 17.4 Å². The van der Waals surface area contributed by atoms with Gasteiger partial charge in [-0.1, -0.05) is 61.7 Å². The summed E-state index contributed by atoms with van der Waals surface area (Å²) in [6.07, 6.45) is 2.79. The molecule has 0 saturated heterocycles. The fraction of sp³-hybridized carbons (Fsp3) is 0.318. The molecule has 0 aliphatic carbocycles. The van der Waals surface area contributed by atoms with E-state index < -0.39 is 15.9 Å². The van der Waals surface area contributed by atoms with E-state index in [9.17, 15) is 13.2 Å². The summed E-state index contributed by atoms with van der Waals surface area (Å²) in [6.45, 7) is 4.47. The molecule has 0 unspecified atom stereocenters. The van der Waals surface area contributed by atoms with Crippen LogP contribution < -0.4 is 9.62 Å². The number of unbranched alkanes of at least 4 members (excludes halogenated alkanes) is 2. The number of sulfonamides is 1. The molecule has 5 nitrogen and oxygen atoms in total. The van der Waals surface area contributed by atoms with Crippen molar-refractivity contribution in [2.24, 2.45) is 0 Å². The predicted octanol–water partition coefficient (Wildman–Crippen LogP) is 4.58. The number of carbonyl (C=O) groups is 1. The lowest BCUT2D eigenvalue weighted by Gasteiger charge is -2.33. The summed E-state index contributed by atoms with van der Waals surface area (Å²) in [6, 6.07) is 14.2. The number of amides is 1. The summed E-state index contributed by atoms with van der Waals surface area (Å²) >= 11 is 6.25. The molecule has 0 radical (unpaired) electrons. The molecule has 2 aromatic carbocycles. The fourth-order valence-electron chi connectivity index (χ4n) is 3.54. The van der Waals surface area contributed by atoms with Crippen LogP contribution in [0.4, 0.5) is 5.69 Å². The molecule has 1 N–H and O–H groups in total. The minimum Gasteiger partial charge on any atom is -0.351 e. The zero-order valence-corrected chi connectivity index (χ0v) is 18.2. The second-order valence-corrected chi connectivity index (χ2v) is 9.10. The predicted molar refractivity (Wildman–Crippen MR) is 118 cm³/mol. The Morgan fingerprint density at radius 2 is 1.79 bits per heavy atom. The van der Waals surface area contributed by atoms with Gasteiger partial charge in [0.15, 0.2) is 4.91 Å². The minimum atomic E-state index is -4.02. The van der Waals surface area contributed by atoms with E-state index in [-0.39, 0.29) is 11.4 Å². The van der Waals surface area contributed by atoms with Gasteiger partial charge in [-0.15, -0.1) is 0 Å². The second-order valence-electron chi connectivity index (χ2n) is 6.86. The third-order valence-electron chi connectivity index (χ3n) is 4.89. The minimum absolute atomic E-state index is 0.214. The van der Waals surface area contributed by atoms with E-state index >= 15 is 0 Å². The first-order chi connectivity index (χ1) is 13.9.